The van der Waals surface area contributed by atoms with Gasteiger partial charge in [-0.3, -0.25) is 9.69 Å². The van der Waals surface area contributed by atoms with Gasteiger partial charge in [0.15, 0.2) is 0 Å². The number of piperazine rings is 1. The van der Waals surface area contributed by atoms with Gasteiger partial charge in [-0.1, -0.05) is 6.08 Å². The van der Waals surface area contributed by atoms with Gasteiger partial charge in [-0.25, -0.2) is 0 Å². The van der Waals surface area contributed by atoms with Crippen molar-refractivity contribution in [2.45, 2.75) is 12.2 Å². The monoisotopic (exact) mass is 251 g/mol. The maximum Gasteiger partial charge on any atom is 0.405 e. The van der Waals surface area contributed by atoms with Crippen molar-refractivity contribution < 1.29 is 18.0 Å². The van der Waals surface area contributed by atoms with Gasteiger partial charge in [0.05, 0.1) is 0 Å². The molecule has 0 saturated carbocycles. The molecule has 1 fully saturated rings. The first kappa shape index (κ1) is 14.0. The highest BCUT2D eigenvalue weighted by Gasteiger charge is 2.32. The van der Waals surface area contributed by atoms with E-state index in [0.29, 0.717) is 19.6 Å². The molecule has 0 aromatic heterocycles. The number of nitrogens with zero attached hydrogens (tertiary/aromatic N) is 1. The Kier molecular flexibility index (Phi) is 4.95. The molecule has 1 aliphatic rings. The Labute approximate surface area is 97.8 Å². The van der Waals surface area contributed by atoms with E-state index in [1.54, 1.807) is 11.0 Å². The summed E-state index contributed by atoms with van der Waals surface area (Å²) in [5.41, 5.74) is 0. The predicted octanol–water partition coefficient (Wildman–Crippen LogP) is 0.125. The molecule has 0 spiro atoms. The Morgan fingerprint density at radius 3 is 2.88 bits per heavy atom. The highest BCUT2D eigenvalue weighted by Crippen LogP contribution is 2.12. The van der Waals surface area contributed by atoms with E-state index in [1.807, 2.05) is 5.32 Å². The first-order valence-electron chi connectivity index (χ1n) is 5.34. The molecule has 1 atom stereocenters. The Balaban J connectivity index is 2.50. The maximum atomic E-state index is 12.0. The Morgan fingerprint density at radius 1 is 1.59 bits per heavy atom. The van der Waals surface area contributed by atoms with Gasteiger partial charge < -0.3 is 10.6 Å². The molecule has 0 radical (unpaired) electrons. The van der Waals surface area contributed by atoms with Crippen molar-refractivity contribution in [3.63, 3.8) is 0 Å². The van der Waals surface area contributed by atoms with Crippen LogP contribution in [0.5, 0.6) is 0 Å². The van der Waals surface area contributed by atoms with Gasteiger partial charge in [-0.2, -0.15) is 13.2 Å². The molecular formula is C10H16F3N3O. The first-order chi connectivity index (χ1) is 7.94. The fourth-order valence-electron chi connectivity index (χ4n) is 1.69. The molecule has 0 unspecified atom stereocenters. The summed E-state index contributed by atoms with van der Waals surface area (Å²) in [6, 6.07) is -0.566. The van der Waals surface area contributed by atoms with E-state index in [-0.39, 0.29) is 0 Å². The standard InChI is InChI=1S/C10H16F3N3O/c1-2-4-16-5-3-14-6-8(16)9(17)15-7-10(11,12)13/h2,8,14H,1,3-7H2,(H,15,17)/t8-/m0/s1. The fraction of sp³-hybridized carbons (Fsp3) is 0.700. The van der Waals surface area contributed by atoms with Crippen LogP contribution in [0.15, 0.2) is 12.7 Å². The van der Waals surface area contributed by atoms with Crippen molar-refractivity contribution >= 4 is 5.91 Å². The van der Waals surface area contributed by atoms with Crippen molar-refractivity contribution in [3.8, 4) is 0 Å². The molecule has 1 amide bonds. The second-order valence-corrected chi connectivity index (χ2v) is 3.84. The Bertz CT molecular complexity index is 280. The zero-order valence-electron chi connectivity index (χ0n) is 9.39. The SMILES string of the molecule is C=CCN1CCNC[C@H]1C(=O)NCC(F)(F)F. The van der Waals surface area contributed by atoms with Crippen molar-refractivity contribution in [1.29, 1.82) is 0 Å². The Morgan fingerprint density at radius 2 is 2.29 bits per heavy atom. The number of amides is 1. The fourth-order valence-corrected chi connectivity index (χ4v) is 1.69. The van der Waals surface area contributed by atoms with Crippen LogP contribution in [0.3, 0.4) is 0 Å². The predicted molar refractivity (Wildman–Crippen MR) is 57.5 cm³/mol. The molecule has 0 bridgehead atoms. The number of halogens is 3. The van der Waals surface area contributed by atoms with Gasteiger partial charge >= 0.3 is 6.18 Å². The minimum atomic E-state index is -4.37. The van der Waals surface area contributed by atoms with E-state index < -0.39 is 24.7 Å². The second-order valence-electron chi connectivity index (χ2n) is 3.84. The van der Waals surface area contributed by atoms with Gasteiger partial charge in [-0.05, 0) is 0 Å². The number of carbonyl (C=O) groups excluding carboxylic acids is 1. The second kappa shape index (κ2) is 6.02. The van der Waals surface area contributed by atoms with E-state index >= 15 is 0 Å². The van der Waals surface area contributed by atoms with E-state index in [0.717, 1.165) is 6.54 Å². The zero-order valence-corrected chi connectivity index (χ0v) is 9.39. The molecule has 1 aliphatic heterocycles. The lowest BCUT2D eigenvalue weighted by molar-refractivity contribution is -0.141. The first-order valence-corrected chi connectivity index (χ1v) is 5.34. The number of hydrogen-bond acceptors (Lipinski definition) is 3. The lowest BCUT2D eigenvalue weighted by atomic mass is 10.1. The van der Waals surface area contributed by atoms with E-state index in [1.165, 1.54) is 0 Å². The minimum Gasteiger partial charge on any atom is -0.346 e. The number of alkyl halides is 3. The van der Waals surface area contributed by atoms with Gasteiger partial charge in [0, 0.05) is 26.2 Å². The normalized spacial score (nSPS) is 22.2. The summed E-state index contributed by atoms with van der Waals surface area (Å²) >= 11 is 0. The van der Waals surface area contributed by atoms with Gasteiger partial charge in [0.25, 0.3) is 0 Å². The summed E-state index contributed by atoms with van der Waals surface area (Å²) in [4.78, 5) is 13.4. The third-order valence-electron chi connectivity index (χ3n) is 2.48. The van der Waals surface area contributed by atoms with Crippen molar-refractivity contribution in [2.24, 2.45) is 0 Å². The molecule has 7 heteroatoms. The van der Waals surface area contributed by atoms with E-state index in [2.05, 4.69) is 11.9 Å². The third-order valence-corrected chi connectivity index (χ3v) is 2.48. The minimum absolute atomic E-state index is 0.359. The quantitative estimate of drug-likeness (QED) is 0.698. The van der Waals surface area contributed by atoms with Crippen LogP contribution in [0.25, 0.3) is 0 Å². The number of carbonyl (C=O) groups is 1. The van der Waals surface area contributed by atoms with Crippen LogP contribution >= 0.6 is 0 Å². The molecule has 1 rings (SSSR count). The van der Waals surface area contributed by atoms with Crippen LogP contribution in [0.1, 0.15) is 0 Å². The van der Waals surface area contributed by atoms with E-state index in [4.69, 9.17) is 0 Å². The average Bonchev–Trinajstić information content (AvgIpc) is 2.26. The molecule has 17 heavy (non-hydrogen) atoms. The average molecular weight is 251 g/mol. The molecule has 0 aliphatic carbocycles. The van der Waals surface area contributed by atoms with Gasteiger partial charge in [0.1, 0.15) is 12.6 Å². The summed E-state index contributed by atoms with van der Waals surface area (Å²) in [5, 5.41) is 4.88. The molecule has 0 aromatic rings. The molecule has 2 N–H and O–H groups in total. The lowest BCUT2D eigenvalue weighted by Gasteiger charge is -2.34. The molecule has 4 nitrogen and oxygen atoms in total. The lowest BCUT2D eigenvalue weighted by Crippen LogP contribution is -2.58. The van der Waals surface area contributed by atoms with Crippen LogP contribution in [0, 0.1) is 0 Å². The van der Waals surface area contributed by atoms with Gasteiger partial charge in [0.2, 0.25) is 5.91 Å². The van der Waals surface area contributed by atoms with Crippen molar-refractivity contribution in [1.82, 2.24) is 15.5 Å². The smallest absolute Gasteiger partial charge is 0.346 e. The summed E-state index contributed by atoms with van der Waals surface area (Å²) < 4.78 is 35.9. The number of hydrogen-bond donors (Lipinski definition) is 2. The van der Waals surface area contributed by atoms with Crippen molar-refractivity contribution in [2.75, 3.05) is 32.7 Å². The molecule has 1 saturated heterocycles. The highest BCUT2D eigenvalue weighted by atomic mass is 19.4. The van der Waals surface area contributed by atoms with E-state index in [9.17, 15) is 18.0 Å². The summed E-state index contributed by atoms with van der Waals surface area (Å²) in [6.45, 7) is 4.46. The topological polar surface area (TPSA) is 44.4 Å². The number of nitrogens with one attached hydrogen (secondary N) is 2. The van der Waals surface area contributed by atoms with Gasteiger partial charge in [-0.15, -0.1) is 6.58 Å². The summed E-state index contributed by atoms with van der Waals surface area (Å²) in [6.07, 6.45) is -2.74. The highest BCUT2D eigenvalue weighted by molar-refractivity contribution is 5.82. The Hall–Kier alpha value is -1.08. The zero-order chi connectivity index (χ0) is 12.9. The molecule has 1 heterocycles. The largest absolute Gasteiger partial charge is 0.405 e. The van der Waals surface area contributed by atoms with Crippen LogP contribution < -0.4 is 10.6 Å². The van der Waals surface area contributed by atoms with Crippen LogP contribution in [0.2, 0.25) is 0 Å². The summed E-state index contributed by atoms with van der Waals surface area (Å²) in [7, 11) is 0. The van der Waals surface area contributed by atoms with Crippen LogP contribution in [-0.4, -0.2) is 55.7 Å². The molecule has 98 valence electrons. The third kappa shape index (κ3) is 4.74. The number of rotatable bonds is 4. The maximum absolute atomic E-state index is 12.0. The molecular weight excluding hydrogens is 235 g/mol. The van der Waals surface area contributed by atoms with Crippen LogP contribution in [0.4, 0.5) is 13.2 Å². The summed E-state index contributed by atoms with van der Waals surface area (Å²) in [5.74, 6) is -0.601. The van der Waals surface area contributed by atoms with Crippen molar-refractivity contribution in [3.05, 3.63) is 12.7 Å². The van der Waals surface area contributed by atoms with Crippen LogP contribution in [-0.2, 0) is 4.79 Å². The molecule has 0 aromatic carbocycles.